The molecule has 8 heteroatoms. The van der Waals surface area contributed by atoms with Gasteiger partial charge in [-0.3, -0.25) is 9.67 Å². The van der Waals surface area contributed by atoms with E-state index in [1.54, 1.807) is 24.1 Å². The zero-order chi connectivity index (χ0) is 17.6. The van der Waals surface area contributed by atoms with Crippen LogP contribution >= 0.6 is 11.6 Å². The number of halogens is 1. The fourth-order valence-corrected chi connectivity index (χ4v) is 2.44. The van der Waals surface area contributed by atoms with Crippen molar-refractivity contribution in [1.82, 2.24) is 19.7 Å². The molecule has 2 aromatic heterocycles. The molecule has 0 saturated heterocycles. The van der Waals surface area contributed by atoms with E-state index >= 15 is 0 Å². The van der Waals surface area contributed by atoms with E-state index < -0.39 is 0 Å². The summed E-state index contributed by atoms with van der Waals surface area (Å²) in [6.07, 6.45) is 6.92. The Morgan fingerprint density at radius 3 is 2.96 bits per heavy atom. The van der Waals surface area contributed by atoms with Crippen LogP contribution in [0.3, 0.4) is 0 Å². The zero-order valence-electron chi connectivity index (χ0n) is 13.9. The Labute approximate surface area is 150 Å². The minimum Gasteiger partial charge on any atom is -0.365 e. The second-order valence-corrected chi connectivity index (χ2v) is 5.81. The van der Waals surface area contributed by atoms with E-state index in [9.17, 15) is 0 Å². The van der Waals surface area contributed by atoms with E-state index in [0.29, 0.717) is 23.3 Å². The Hall–Kier alpha value is -2.93. The molecule has 0 spiro atoms. The molecule has 0 aliphatic rings. The maximum absolute atomic E-state index is 6.20. The van der Waals surface area contributed by atoms with Crippen molar-refractivity contribution in [2.24, 2.45) is 12.0 Å². The summed E-state index contributed by atoms with van der Waals surface area (Å²) in [5.74, 6) is 1.02. The van der Waals surface area contributed by atoms with Crippen molar-refractivity contribution < 1.29 is 0 Å². The topological polar surface area (TPSA) is 80.0 Å². The van der Waals surface area contributed by atoms with Crippen molar-refractivity contribution in [2.75, 3.05) is 17.7 Å². The number of hydrogen-bond acceptors (Lipinski definition) is 6. The molecule has 0 amide bonds. The third-order valence-corrected chi connectivity index (χ3v) is 3.67. The van der Waals surface area contributed by atoms with Gasteiger partial charge in [-0.1, -0.05) is 29.8 Å². The lowest BCUT2D eigenvalue weighted by Crippen LogP contribution is -2.05. The monoisotopic (exact) mass is 355 g/mol. The predicted octanol–water partition coefficient (Wildman–Crippen LogP) is 3.27. The van der Waals surface area contributed by atoms with E-state index in [4.69, 9.17) is 11.6 Å². The highest BCUT2D eigenvalue weighted by molar-refractivity contribution is 6.32. The summed E-state index contributed by atoms with van der Waals surface area (Å²) in [6.45, 7) is 0.592. The summed E-state index contributed by atoms with van der Waals surface area (Å²) in [5, 5.41) is 10.9. The van der Waals surface area contributed by atoms with Gasteiger partial charge >= 0.3 is 0 Å². The molecule has 25 heavy (non-hydrogen) atoms. The van der Waals surface area contributed by atoms with Gasteiger partial charge in [0.25, 0.3) is 0 Å². The number of anilines is 3. The van der Waals surface area contributed by atoms with Gasteiger partial charge in [0.05, 0.1) is 18.1 Å². The minimum atomic E-state index is 0.451. The highest BCUT2D eigenvalue weighted by Crippen LogP contribution is 2.22. The number of rotatable bonds is 6. The first-order valence-corrected chi connectivity index (χ1v) is 8.05. The van der Waals surface area contributed by atoms with Crippen molar-refractivity contribution >= 4 is 35.3 Å². The van der Waals surface area contributed by atoms with Crippen LogP contribution in [0.1, 0.15) is 11.1 Å². The normalized spacial score (nSPS) is 11.0. The Morgan fingerprint density at radius 2 is 2.20 bits per heavy atom. The van der Waals surface area contributed by atoms with Crippen LogP contribution in [0.5, 0.6) is 0 Å². The standard InChI is InChI=1S/C17H18ClN7/c1-19-7-12-4-3-5-13(6-12)8-20-16-15(18)10-21-17(24-16)23-14-9-22-25(2)11-14/h3-7,9-11H,8H2,1-2H3,(H2,20,21,23,24)/b19-7+. The average Bonchev–Trinajstić information content (AvgIpc) is 3.01. The van der Waals surface area contributed by atoms with Gasteiger partial charge in [0.15, 0.2) is 5.82 Å². The van der Waals surface area contributed by atoms with E-state index in [1.807, 2.05) is 37.7 Å². The Kier molecular flexibility index (Phi) is 5.25. The first kappa shape index (κ1) is 16.9. The smallest absolute Gasteiger partial charge is 0.229 e. The van der Waals surface area contributed by atoms with Crippen molar-refractivity contribution in [3.8, 4) is 0 Å². The van der Waals surface area contributed by atoms with Crippen LogP contribution in [0.15, 0.2) is 47.8 Å². The summed E-state index contributed by atoms with van der Waals surface area (Å²) in [4.78, 5) is 12.6. The predicted molar refractivity (Wildman–Crippen MR) is 101 cm³/mol. The SMILES string of the molecule is C/N=C/c1cccc(CNc2nc(Nc3cnn(C)c3)ncc2Cl)c1. The lowest BCUT2D eigenvalue weighted by atomic mass is 10.1. The van der Waals surface area contributed by atoms with Gasteiger partial charge in [0.2, 0.25) is 5.95 Å². The molecule has 1 aromatic carbocycles. The van der Waals surface area contributed by atoms with Crippen LogP contribution in [0.2, 0.25) is 5.02 Å². The molecule has 7 nitrogen and oxygen atoms in total. The Bertz CT molecular complexity index is 888. The molecule has 2 N–H and O–H groups in total. The van der Waals surface area contributed by atoms with Gasteiger partial charge in [-0.15, -0.1) is 0 Å². The van der Waals surface area contributed by atoms with E-state index in [1.165, 1.54) is 0 Å². The van der Waals surface area contributed by atoms with Crippen LogP contribution in [0.25, 0.3) is 0 Å². The molecule has 0 fully saturated rings. The average molecular weight is 356 g/mol. The third kappa shape index (κ3) is 4.54. The molecule has 0 unspecified atom stereocenters. The van der Waals surface area contributed by atoms with Crippen LogP contribution < -0.4 is 10.6 Å². The molecule has 3 aromatic rings. The lowest BCUT2D eigenvalue weighted by molar-refractivity contribution is 0.768. The Balaban J connectivity index is 1.71. The van der Waals surface area contributed by atoms with E-state index in [-0.39, 0.29) is 0 Å². The van der Waals surface area contributed by atoms with Crippen LogP contribution in [0, 0.1) is 0 Å². The third-order valence-electron chi connectivity index (χ3n) is 3.39. The van der Waals surface area contributed by atoms with Gasteiger partial charge < -0.3 is 10.6 Å². The van der Waals surface area contributed by atoms with E-state index in [0.717, 1.165) is 16.8 Å². The molecular formula is C17H18ClN7. The first-order valence-electron chi connectivity index (χ1n) is 7.67. The van der Waals surface area contributed by atoms with Gasteiger partial charge in [-0.05, 0) is 17.2 Å². The largest absolute Gasteiger partial charge is 0.365 e. The van der Waals surface area contributed by atoms with Crippen LogP contribution in [-0.4, -0.2) is 33.0 Å². The summed E-state index contributed by atoms with van der Waals surface area (Å²) in [6, 6.07) is 8.09. The summed E-state index contributed by atoms with van der Waals surface area (Å²) in [7, 11) is 3.60. The number of benzene rings is 1. The quantitative estimate of drug-likeness (QED) is 0.663. The molecule has 0 atom stereocenters. The number of nitrogens with one attached hydrogen (secondary N) is 2. The Morgan fingerprint density at radius 1 is 1.32 bits per heavy atom. The maximum Gasteiger partial charge on any atom is 0.229 e. The number of hydrogen-bond donors (Lipinski definition) is 2. The molecule has 0 bridgehead atoms. The van der Waals surface area contributed by atoms with Crippen molar-refractivity contribution in [1.29, 1.82) is 0 Å². The van der Waals surface area contributed by atoms with E-state index in [2.05, 4.69) is 36.8 Å². The molecule has 128 valence electrons. The molecule has 0 aliphatic carbocycles. The highest BCUT2D eigenvalue weighted by Gasteiger charge is 2.07. The highest BCUT2D eigenvalue weighted by atomic mass is 35.5. The zero-order valence-corrected chi connectivity index (χ0v) is 14.7. The fraction of sp³-hybridized carbons (Fsp3) is 0.176. The van der Waals surface area contributed by atoms with Crippen molar-refractivity contribution in [2.45, 2.75) is 6.54 Å². The first-order chi connectivity index (χ1) is 12.1. The van der Waals surface area contributed by atoms with Crippen molar-refractivity contribution in [3.63, 3.8) is 0 Å². The fourth-order valence-electron chi connectivity index (χ4n) is 2.28. The molecule has 3 rings (SSSR count). The number of aromatic nitrogens is 4. The molecular weight excluding hydrogens is 338 g/mol. The van der Waals surface area contributed by atoms with Gasteiger partial charge in [0, 0.05) is 33.1 Å². The molecule has 0 aliphatic heterocycles. The van der Waals surface area contributed by atoms with Crippen LogP contribution in [-0.2, 0) is 13.6 Å². The second-order valence-electron chi connectivity index (χ2n) is 5.40. The number of aryl methyl sites for hydroxylation is 1. The van der Waals surface area contributed by atoms with Crippen LogP contribution in [0.4, 0.5) is 17.5 Å². The molecule has 2 heterocycles. The van der Waals surface area contributed by atoms with Gasteiger partial charge in [-0.2, -0.15) is 10.1 Å². The van der Waals surface area contributed by atoms with Gasteiger partial charge in [0.1, 0.15) is 5.02 Å². The second kappa shape index (κ2) is 7.76. The molecule has 0 radical (unpaired) electrons. The van der Waals surface area contributed by atoms with Crippen molar-refractivity contribution in [3.05, 3.63) is 59.0 Å². The number of nitrogens with zero attached hydrogens (tertiary/aromatic N) is 5. The lowest BCUT2D eigenvalue weighted by Gasteiger charge is -2.10. The minimum absolute atomic E-state index is 0.451. The molecule has 0 saturated carbocycles. The maximum atomic E-state index is 6.20. The summed E-state index contributed by atoms with van der Waals surface area (Å²) in [5.41, 5.74) is 2.96. The number of aliphatic imine (C=N–C) groups is 1. The summed E-state index contributed by atoms with van der Waals surface area (Å²) >= 11 is 6.20. The van der Waals surface area contributed by atoms with Gasteiger partial charge in [-0.25, -0.2) is 4.98 Å². The summed E-state index contributed by atoms with van der Waals surface area (Å²) < 4.78 is 1.70.